The van der Waals surface area contributed by atoms with E-state index >= 15 is 0 Å². The van der Waals surface area contributed by atoms with Crippen molar-refractivity contribution in [2.24, 2.45) is 17.8 Å². The Morgan fingerprint density at radius 3 is 2.32 bits per heavy atom. The van der Waals surface area contributed by atoms with Crippen molar-refractivity contribution in [3.8, 4) is 0 Å². The van der Waals surface area contributed by atoms with Gasteiger partial charge in [0.2, 0.25) is 0 Å². The van der Waals surface area contributed by atoms with Crippen molar-refractivity contribution in [2.45, 2.75) is 52.5 Å². The van der Waals surface area contributed by atoms with Crippen molar-refractivity contribution in [1.82, 2.24) is 5.32 Å². The second-order valence-corrected chi connectivity index (χ2v) is 6.83. The second kappa shape index (κ2) is 5.28. The summed E-state index contributed by atoms with van der Waals surface area (Å²) < 4.78 is 0. The number of rotatable bonds is 6. The van der Waals surface area contributed by atoms with Crippen LogP contribution in [-0.2, 0) is 0 Å². The minimum atomic E-state index is 0.486. The molecule has 0 amide bonds. The molecule has 0 aliphatic heterocycles. The van der Waals surface area contributed by atoms with Gasteiger partial charge in [-0.2, -0.15) is 0 Å². The maximum absolute atomic E-state index is 3.81. The van der Waals surface area contributed by atoms with Crippen molar-refractivity contribution in [1.29, 1.82) is 0 Å². The molecule has 1 unspecified atom stereocenters. The van der Waals surface area contributed by atoms with Crippen LogP contribution >= 0.6 is 0 Å². The molecule has 1 atom stereocenters. The Balaban J connectivity index is 1.60. The third-order valence-corrected chi connectivity index (χ3v) is 5.02. The topological polar surface area (TPSA) is 12.0 Å². The van der Waals surface area contributed by atoms with E-state index in [2.05, 4.69) is 44.3 Å². The molecule has 0 bridgehead atoms. The first-order valence-corrected chi connectivity index (χ1v) is 7.95. The number of hydrogen-bond acceptors (Lipinski definition) is 1. The molecule has 0 saturated heterocycles. The Morgan fingerprint density at radius 1 is 1.11 bits per heavy atom. The highest BCUT2D eigenvalue weighted by Gasteiger charge is 2.41. The fourth-order valence-corrected chi connectivity index (χ4v) is 3.42. The summed E-state index contributed by atoms with van der Waals surface area (Å²) in [5.74, 6) is 3.06. The van der Waals surface area contributed by atoms with Gasteiger partial charge in [0.1, 0.15) is 0 Å². The van der Waals surface area contributed by atoms with Crippen LogP contribution in [0.15, 0.2) is 18.2 Å². The number of benzene rings is 1. The third kappa shape index (κ3) is 3.20. The minimum Gasteiger partial charge on any atom is -0.310 e. The molecule has 1 aromatic carbocycles. The monoisotopic (exact) mass is 257 g/mol. The van der Waals surface area contributed by atoms with Crippen molar-refractivity contribution in [3.63, 3.8) is 0 Å². The lowest BCUT2D eigenvalue weighted by atomic mass is 9.96. The van der Waals surface area contributed by atoms with E-state index < -0.39 is 0 Å². The van der Waals surface area contributed by atoms with E-state index in [1.807, 2.05) is 0 Å². The lowest BCUT2D eigenvalue weighted by Crippen LogP contribution is -2.28. The maximum Gasteiger partial charge on any atom is 0.0294 e. The highest BCUT2D eigenvalue weighted by molar-refractivity contribution is 5.32. The largest absolute Gasteiger partial charge is 0.310 e. The summed E-state index contributed by atoms with van der Waals surface area (Å²) in [6.07, 6.45) is 5.95. The lowest BCUT2D eigenvalue weighted by molar-refractivity contribution is 0.362. The average molecular weight is 257 g/mol. The SMILES string of the molecule is Cc1ccc(C)c(C(C)NCC(C2CC2)C2CC2)c1. The normalized spacial score (nSPS) is 20.8. The highest BCUT2D eigenvalue weighted by atomic mass is 14.9. The predicted octanol–water partition coefficient (Wildman–Crippen LogP) is 4.39. The van der Waals surface area contributed by atoms with Crippen LogP contribution in [0.4, 0.5) is 0 Å². The summed E-state index contributed by atoms with van der Waals surface area (Å²) in [5.41, 5.74) is 4.26. The van der Waals surface area contributed by atoms with Crippen LogP contribution in [-0.4, -0.2) is 6.54 Å². The van der Waals surface area contributed by atoms with Crippen molar-refractivity contribution in [2.75, 3.05) is 6.54 Å². The molecule has 2 aliphatic carbocycles. The summed E-state index contributed by atoms with van der Waals surface area (Å²) in [5, 5.41) is 3.81. The van der Waals surface area contributed by atoms with Gasteiger partial charge in [0.05, 0.1) is 0 Å². The van der Waals surface area contributed by atoms with Crippen LogP contribution in [0.25, 0.3) is 0 Å². The molecule has 3 rings (SSSR count). The maximum atomic E-state index is 3.81. The molecule has 0 spiro atoms. The van der Waals surface area contributed by atoms with E-state index in [0.29, 0.717) is 6.04 Å². The molecule has 0 heterocycles. The lowest BCUT2D eigenvalue weighted by Gasteiger charge is -2.22. The average Bonchev–Trinajstić information content (AvgIpc) is 3.25. The van der Waals surface area contributed by atoms with Gasteiger partial charge in [0.15, 0.2) is 0 Å². The van der Waals surface area contributed by atoms with Gasteiger partial charge in [0, 0.05) is 6.04 Å². The fourth-order valence-electron chi connectivity index (χ4n) is 3.42. The molecule has 2 fully saturated rings. The van der Waals surface area contributed by atoms with Gasteiger partial charge in [0.25, 0.3) is 0 Å². The predicted molar refractivity (Wildman–Crippen MR) is 81.3 cm³/mol. The molecule has 104 valence electrons. The van der Waals surface area contributed by atoms with Gasteiger partial charge < -0.3 is 5.32 Å². The molecular formula is C18H27N. The zero-order valence-electron chi connectivity index (χ0n) is 12.6. The van der Waals surface area contributed by atoms with Crippen LogP contribution in [0.5, 0.6) is 0 Å². The summed E-state index contributed by atoms with van der Waals surface area (Å²) in [6.45, 7) is 7.96. The Kier molecular flexibility index (Phi) is 3.66. The van der Waals surface area contributed by atoms with Crippen molar-refractivity contribution < 1.29 is 0 Å². The van der Waals surface area contributed by atoms with Crippen LogP contribution in [0, 0.1) is 31.6 Å². The standard InChI is InChI=1S/C18H27N/c1-12-4-5-13(2)17(10-12)14(3)19-11-18(15-6-7-15)16-8-9-16/h4-5,10,14-16,18-19H,6-9,11H2,1-3H3. The minimum absolute atomic E-state index is 0.486. The van der Waals surface area contributed by atoms with Crippen LogP contribution in [0.1, 0.15) is 55.3 Å². The Labute approximate surface area is 117 Å². The molecule has 1 nitrogen and oxygen atoms in total. The molecule has 1 N–H and O–H groups in total. The Morgan fingerprint density at radius 2 is 1.74 bits per heavy atom. The number of aryl methyl sites for hydroxylation is 2. The van der Waals surface area contributed by atoms with Gasteiger partial charge in [-0.3, -0.25) is 0 Å². The van der Waals surface area contributed by atoms with E-state index in [1.165, 1.54) is 48.9 Å². The zero-order chi connectivity index (χ0) is 13.4. The Bertz CT molecular complexity index is 431. The molecular weight excluding hydrogens is 230 g/mol. The van der Waals surface area contributed by atoms with Gasteiger partial charge in [-0.05, 0) is 81.9 Å². The van der Waals surface area contributed by atoms with Crippen LogP contribution in [0.2, 0.25) is 0 Å². The van der Waals surface area contributed by atoms with Crippen molar-refractivity contribution in [3.05, 3.63) is 34.9 Å². The molecule has 0 radical (unpaired) electrons. The second-order valence-electron chi connectivity index (χ2n) is 6.83. The molecule has 0 aromatic heterocycles. The van der Waals surface area contributed by atoms with Crippen LogP contribution < -0.4 is 5.32 Å². The van der Waals surface area contributed by atoms with Gasteiger partial charge in [-0.1, -0.05) is 23.8 Å². The van der Waals surface area contributed by atoms with Crippen molar-refractivity contribution >= 4 is 0 Å². The third-order valence-electron chi connectivity index (χ3n) is 5.02. The molecule has 2 saturated carbocycles. The summed E-state index contributed by atoms with van der Waals surface area (Å²) in [7, 11) is 0. The highest BCUT2D eigenvalue weighted by Crippen LogP contribution is 2.49. The number of hydrogen-bond donors (Lipinski definition) is 1. The van der Waals surface area contributed by atoms with Gasteiger partial charge >= 0.3 is 0 Å². The summed E-state index contributed by atoms with van der Waals surface area (Å²) in [6, 6.07) is 7.29. The zero-order valence-corrected chi connectivity index (χ0v) is 12.6. The summed E-state index contributed by atoms with van der Waals surface area (Å²) >= 11 is 0. The first kappa shape index (κ1) is 13.2. The van der Waals surface area contributed by atoms with E-state index in [4.69, 9.17) is 0 Å². The van der Waals surface area contributed by atoms with Gasteiger partial charge in [-0.25, -0.2) is 0 Å². The Hall–Kier alpha value is -0.820. The van der Waals surface area contributed by atoms with E-state index in [1.54, 1.807) is 0 Å². The fraction of sp³-hybridized carbons (Fsp3) is 0.667. The van der Waals surface area contributed by atoms with E-state index in [0.717, 1.165) is 17.8 Å². The molecule has 1 aromatic rings. The van der Waals surface area contributed by atoms with Crippen LogP contribution in [0.3, 0.4) is 0 Å². The molecule has 19 heavy (non-hydrogen) atoms. The first-order valence-electron chi connectivity index (χ1n) is 7.95. The molecule has 2 aliphatic rings. The van der Waals surface area contributed by atoms with Gasteiger partial charge in [-0.15, -0.1) is 0 Å². The quantitative estimate of drug-likeness (QED) is 0.797. The number of nitrogens with one attached hydrogen (secondary N) is 1. The van der Waals surface area contributed by atoms with E-state index in [9.17, 15) is 0 Å². The first-order chi connectivity index (χ1) is 9.15. The molecule has 1 heteroatoms. The van der Waals surface area contributed by atoms with E-state index in [-0.39, 0.29) is 0 Å². The summed E-state index contributed by atoms with van der Waals surface area (Å²) in [4.78, 5) is 0. The smallest absolute Gasteiger partial charge is 0.0294 e.